The molecule has 0 bridgehead atoms. The third-order valence-electron chi connectivity index (χ3n) is 1.65. The molecule has 1 N–H and O–H groups in total. The minimum absolute atomic E-state index is 0.368. The molecular weight excluding hydrogens is 194 g/mol. The summed E-state index contributed by atoms with van der Waals surface area (Å²) in [6.45, 7) is 8.48. The Balaban J connectivity index is 4.12. The summed E-state index contributed by atoms with van der Waals surface area (Å²) in [6, 6.07) is 0. The topological polar surface area (TPSA) is 55.4 Å². The van der Waals surface area contributed by atoms with Crippen LogP contribution < -0.4 is 5.32 Å². The highest BCUT2D eigenvalue weighted by Crippen LogP contribution is 2.00. The van der Waals surface area contributed by atoms with Crippen LogP contribution in [0.25, 0.3) is 0 Å². The van der Waals surface area contributed by atoms with Crippen LogP contribution in [0.5, 0.6) is 0 Å². The number of carbonyl (C=O) groups excluding carboxylic acids is 2. The van der Waals surface area contributed by atoms with Crippen molar-refractivity contribution in [2.45, 2.75) is 33.4 Å². The van der Waals surface area contributed by atoms with E-state index < -0.39 is 12.2 Å². The summed E-state index contributed by atoms with van der Waals surface area (Å²) in [6.07, 6.45) is 3.01. The molecule has 0 fully saturated rings. The van der Waals surface area contributed by atoms with E-state index in [0.717, 1.165) is 12.5 Å². The van der Waals surface area contributed by atoms with E-state index in [1.807, 2.05) is 6.92 Å². The molecule has 0 aromatic heterocycles. The fraction of sp³-hybridized carbons (Fsp3) is 0.455. The van der Waals surface area contributed by atoms with E-state index in [4.69, 9.17) is 4.74 Å². The lowest BCUT2D eigenvalue weighted by atomic mass is 10.2. The second-order valence-corrected chi connectivity index (χ2v) is 3.06. The number of nitrogens with one attached hydrogen (secondary N) is 1. The molecule has 1 unspecified atom stereocenters. The highest BCUT2D eigenvalue weighted by atomic mass is 16.6. The fourth-order valence-electron chi connectivity index (χ4n) is 0.932. The number of allylic oxidation sites excluding steroid dienone is 1. The van der Waals surface area contributed by atoms with Gasteiger partial charge in [-0.15, -0.1) is 0 Å². The van der Waals surface area contributed by atoms with E-state index in [9.17, 15) is 9.59 Å². The summed E-state index contributed by atoms with van der Waals surface area (Å²) < 4.78 is 4.95. The summed E-state index contributed by atoms with van der Waals surface area (Å²) >= 11 is 0. The van der Waals surface area contributed by atoms with Gasteiger partial charge in [0, 0.05) is 5.57 Å². The zero-order valence-electron chi connectivity index (χ0n) is 9.37. The molecule has 0 aliphatic heterocycles. The van der Waals surface area contributed by atoms with Crippen LogP contribution in [-0.4, -0.2) is 18.1 Å². The maximum atomic E-state index is 11.3. The number of esters is 1. The van der Waals surface area contributed by atoms with Gasteiger partial charge >= 0.3 is 5.97 Å². The van der Waals surface area contributed by atoms with Gasteiger partial charge in [0.1, 0.15) is 0 Å². The molecule has 4 nitrogen and oxygen atoms in total. The Morgan fingerprint density at radius 2 is 2.13 bits per heavy atom. The standard InChI is InChI=1S/C11H17NO3/c1-5-7-8(3)11(14)15-9(4)12-10(13)6-2/h6-7,9H,2,5H2,1,3-4H3,(H,12,13)/b8-7+. The minimum atomic E-state index is -0.650. The molecule has 15 heavy (non-hydrogen) atoms. The van der Waals surface area contributed by atoms with E-state index >= 15 is 0 Å². The smallest absolute Gasteiger partial charge is 0.335 e. The van der Waals surface area contributed by atoms with Gasteiger partial charge in [-0.25, -0.2) is 4.79 Å². The molecule has 0 heterocycles. The van der Waals surface area contributed by atoms with Crippen molar-refractivity contribution < 1.29 is 14.3 Å². The summed E-state index contributed by atoms with van der Waals surface area (Å²) in [5.74, 6) is -0.791. The van der Waals surface area contributed by atoms with Crippen LogP contribution in [-0.2, 0) is 14.3 Å². The third-order valence-corrected chi connectivity index (χ3v) is 1.65. The van der Waals surface area contributed by atoms with Gasteiger partial charge in [0.15, 0.2) is 6.23 Å². The molecule has 0 radical (unpaired) electrons. The van der Waals surface area contributed by atoms with Crippen molar-refractivity contribution in [1.82, 2.24) is 5.32 Å². The summed E-state index contributed by atoms with van der Waals surface area (Å²) in [5, 5.41) is 2.43. The molecule has 0 aliphatic carbocycles. The van der Waals surface area contributed by atoms with Crippen LogP contribution >= 0.6 is 0 Å². The van der Waals surface area contributed by atoms with Crippen molar-refractivity contribution in [2.24, 2.45) is 0 Å². The molecule has 0 aromatic rings. The first-order valence-corrected chi connectivity index (χ1v) is 4.82. The van der Waals surface area contributed by atoms with Crippen molar-refractivity contribution >= 4 is 11.9 Å². The average Bonchev–Trinajstić information content (AvgIpc) is 2.17. The molecule has 0 saturated heterocycles. The predicted octanol–water partition coefficient (Wildman–Crippen LogP) is 1.53. The van der Waals surface area contributed by atoms with E-state index in [0.29, 0.717) is 5.57 Å². The van der Waals surface area contributed by atoms with Gasteiger partial charge in [0.25, 0.3) is 0 Å². The Bertz CT molecular complexity index is 282. The first kappa shape index (κ1) is 13.4. The van der Waals surface area contributed by atoms with Crippen LogP contribution in [0.1, 0.15) is 27.2 Å². The van der Waals surface area contributed by atoms with Crippen molar-refractivity contribution in [3.8, 4) is 0 Å². The van der Waals surface area contributed by atoms with Crippen molar-refractivity contribution in [2.75, 3.05) is 0 Å². The molecule has 0 aromatic carbocycles. The van der Waals surface area contributed by atoms with E-state index in [1.54, 1.807) is 19.9 Å². The van der Waals surface area contributed by atoms with Crippen molar-refractivity contribution in [1.29, 1.82) is 0 Å². The monoisotopic (exact) mass is 211 g/mol. The number of carbonyl (C=O) groups is 2. The Labute approximate surface area is 90.0 Å². The Kier molecular flexibility index (Phi) is 6.09. The van der Waals surface area contributed by atoms with Crippen LogP contribution in [0, 0.1) is 0 Å². The number of rotatable bonds is 5. The van der Waals surface area contributed by atoms with Gasteiger partial charge in [-0.1, -0.05) is 19.6 Å². The Morgan fingerprint density at radius 3 is 2.60 bits per heavy atom. The van der Waals surface area contributed by atoms with E-state index in [2.05, 4.69) is 11.9 Å². The third kappa shape index (κ3) is 5.67. The van der Waals surface area contributed by atoms with E-state index in [1.165, 1.54) is 0 Å². The molecule has 4 heteroatoms. The minimum Gasteiger partial charge on any atom is -0.439 e. The Morgan fingerprint density at radius 1 is 1.53 bits per heavy atom. The van der Waals surface area contributed by atoms with Gasteiger partial charge in [-0.3, -0.25) is 4.79 Å². The highest BCUT2D eigenvalue weighted by Gasteiger charge is 2.11. The maximum Gasteiger partial charge on any atom is 0.335 e. The lowest BCUT2D eigenvalue weighted by molar-refractivity contribution is -0.146. The molecule has 0 saturated carbocycles. The molecule has 1 amide bonds. The van der Waals surface area contributed by atoms with Gasteiger partial charge in [-0.2, -0.15) is 0 Å². The van der Waals surface area contributed by atoms with Crippen molar-refractivity contribution in [3.05, 3.63) is 24.3 Å². The quantitative estimate of drug-likeness (QED) is 0.426. The molecule has 1 atom stereocenters. The van der Waals surface area contributed by atoms with Crippen LogP contribution in [0.2, 0.25) is 0 Å². The number of ether oxygens (including phenoxy) is 1. The fourth-order valence-corrected chi connectivity index (χ4v) is 0.932. The molecular formula is C11H17NO3. The van der Waals surface area contributed by atoms with Crippen molar-refractivity contribution in [3.63, 3.8) is 0 Å². The molecule has 0 aliphatic rings. The second kappa shape index (κ2) is 6.81. The van der Waals surface area contributed by atoms with Crippen LogP contribution in [0.3, 0.4) is 0 Å². The maximum absolute atomic E-state index is 11.3. The first-order chi connectivity index (χ1) is 7.01. The highest BCUT2D eigenvalue weighted by molar-refractivity contribution is 5.89. The number of hydrogen-bond acceptors (Lipinski definition) is 3. The summed E-state index contributed by atoms with van der Waals surface area (Å²) in [5.41, 5.74) is 0.539. The molecule has 84 valence electrons. The second-order valence-electron chi connectivity index (χ2n) is 3.06. The van der Waals surface area contributed by atoms with Gasteiger partial charge in [0.05, 0.1) is 0 Å². The number of amides is 1. The summed E-state index contributed by atoms with van der Waals surface area (Å²) in [4.78, 5) is 22.2. The Hall–Kier alpha value is -1.58. The normalized spacial score (nSPS) is 12.9. The largest absolute Gasteiger partial charge is 0.439 e. The zero-order valence-corrected chi connectivity index (χ0v) is 9.37. The van der Waals surface area contributed by atoms with Gasteiger partial charge in [0.2, 0.25) is 5.91 Å². The SMILES string of the molecule is C=CC(=O)NC(C)OC(=O)/C(C)=C/CC. The van der Waals surface area contributed by atoms with Crippen LogP contribution in [0.4, 0.5) is 0 Å². The zero-order chi connectivity index (χ0) is 11.8. The average molecular weight is 211 g/mol. The summed E-state index contributed by atoms with van der Waals surface area (Å²) in [7, 11) is 0. The van der Waals surface area contributed by atoms with E-state index in [-0.39, 0.29) is 5.91 Å². The lowest BCUT2D eigenvalue weighted by Crippen LogP contribution is -2.35. The lowest BCUT2D eigenvalue weighted by Gasteiger charge is -2.13. The first-order valence-electron chi connectivity index (χ1n) is 4.82. The van der Waals surface area contributed by atoms with Gasteiger partial charge in [-0.05, 0) is 26.3 Å². The molecule has 0 rings (SSSR count). The predicted molar refractivity (Wildman–Crippen MR) is 57.9 cm³/mol. The van der Waals surface area contributed by atoms with Gasteiger partial charge < -0.3 is 10.1 Å². The number of hydrogen-bond donors (Lipinski definition) is 1. The van der Waals surface area contributed by atoms with Crippen LogP contribution in [0.15, 0.2) is 24.3 Å². The molecule has 0 spiro atoms.